The number of aryl methyl sites for hydroxylation is 1. The number of hydrogen-bond donors (Lipinski definition) is 0. The van der Waals surface area contributed by atoms with Gasteiger partial charge in [0.05, 0.1) is 6.54 Å². The van der Waals surface area contributed by atoms with Crippen LogP contribution in [0, 0.1) is 5.92 Å². The van der Waals surface area contributed by atoms with Crippen molar-refractivity contribution in [1.29, 1.82) is 0 Å². The van der Waals surface area contributed by atoms with Gasteiger partial charge in [-0.2, -0.15) is 0 Å². The molecule has 2 rings (SSSR count). The van der Waals surface area contributed by atoms with Gasteiger partial charge in [0.15, 0.2) is 0 Å². The van der Waals surface area contributed by atoms with Gasteiger partial charge in [0.25, 0.3) is 5.91 Å². The second-order valence-electron chi connectivity index (χ2n) is 7.26. The molecule has 1 aromatic carbocycles. The maximum absolute atomic E-state index is 13.1. The molecule has 2 amide bonds. The average Bonchev–Trinajstić information content (AvgIpc) is 3.05. The van der Waals surface area contributed by atoms with Crippen LogP contribution in [0.25, 0.3) is 0 Å². The second-order valence-corrected chi connectivity index (χ2v) is 7.70. The molecule has 0 aliphatic rings. The smallest absolute Gasteiger partial charge is 0.254 e. The molecule has 0 bridgehead atoms. The highest BCUT2D eigenvalue weighted by Crippen LogP contribution is 2.13. The fraction of sp³-hybridized carbons (Fsp3) is 0.364. The number of amides is 2. The predicted molar refractivity (Wildman–Crippen MR) is 113 cm³/mol. The molecule has 6 heteroatoms. The van der Waals surface area contributed by atoms with E-state index in [9.17, 15) is 9.59 Å². The first-order chi connectivity index (χ1) is 13.3. The molecule has 0 N–H and O–H groups in total. The Balaban J connectivity index is 2.16. The summed E-state index contributed by atoms with van der Waals surface area (Å²) in [5.41, 5.74) is 1.55. The molecule has 0 radical (unpaired) electrons. The molecule has 2 aromatic rings. The quantitative estimate of drug-likeness (QED) is 0.596. The van der Waals surface area contributed by atoms with Crippen LogP contribution >= 0.6 is 11.6 Å². The summed E-state index contributed by atoms with van der Waals surface area (Å²) in [4.78, 5) is 29.2. The van der Waals surface area contributed by atoms with Crippen molar-refractivity contribution in [3.05, 3.63) is 71.5 Å². The first-order valence-electron chi connectivity index (χ1n) is 9.35. The molecule has 0 fully saturated rings. The molecular formula is C22H28ClN3O2. The van der Waals surface area contributed by atoms with Crippen LogP contribution in [0.4, 0.5) is 0 Å². The van der Waals surface area contributed by atoms with Crippen molar-refractivity contribution in [2.75, 3.05) is 19.6 Å². The molecule has 1 heterocycles. The van der Waals surface area contributed by atoms with Crippen LogP contribution in [-0.2, 0) is 18.4 Å². The number of aromatic nitrogens is 1. The maximum atomic E-state index is 13.1. The van der Waals surface area contributed by atoms with Crippen molar-refractivity contribution in [3.63, 3.8) is 0 Å². The van der Waals surface area contributed by atoms with Gasteiger partial charge in [-0.1, -0.05) is 31.5 Å². The first-order valence-corrected chi connectivity index (χ1v) is 9.73. The lowest BCUT2D eigenvalue weighted by Crippen LogP contribution is -2.44. The molecular weight excluding hydrogens is 374 g/mol. The summed E-state index contributed by atoms with van der Waals surface area (Å²) >= 11 is 5.91. The van der Waals surface area contributed by atoms with Crippen LogP contribution in [0.2, 0.25) is 5.02 Å². The summed E-state index contributed by atoms with van der Waals surface area (Å²) in [6, 6.07) is 10.6. The van der Waals surface area contributed by atoms with E-state index >= 15 is 0 Å². The molecule has 5 nitrogen and oxygen atoms in total. The largest absolute Gasteiger partial charge is 0.353 e. The Morgan fingerprint density at radius 3 is 2.39 bits per heavy atom. The van der Waals surface area contributed by atoms with Gasteiger partial charge < -0.3 is 14.4 Å². The molecule has 1 aromatic heterocycles. The van der Waals surface area contributed by atoms with E-state index in [-0.39, 0.29) is 18.4 Å². The third kappa shape index (κ3) is 5.99. The number of hydrogen-bond acceptors (Lipinski definition) is 2. The monoisotopic (exact) mass is 401 g/mol. The Morgan fingerprint density at radius 1 is 1.18 bits per heavy atom. The Bertz CT molecular complexity index is 811. The highest BCUT2D eigenvalue weighted by Gasteiger charge is 2.23. The van der Waals surface area contributed by atoms with E-state index in [1.807, 2.05) is 34.8 Å². The van der Waals surface area contributed by atoms with Gasteiger partial charge in [0.1, 0.15) is 6.54 Å². The first kappa shape index (κ1) is 21.8. The third-order valence-corrected chi connectivity index (χ3v) is 4.65. The fourth-order valence-electron chi connectivity index (χ4n) is 2.97. The Kier molecular flexibility index (Phi) is 7.88. The molecule has 150 valence electrons. The zero-order valence-electron chi connectivity index (χ0n) is 16.8. The van der Waals surface area contributed by atoms with Crippen molar-refractivity contribution in [1.82, 2.24) is 14.4 Å². The van der Waals surface area contributed by atoms with E-state index in [1.165, 1.54) is 4.90 Å². The van der Waals surface area contributed by atoms with E-state index in [0.29, 0.717) is 36.1 Å². The highest BCUT2D eigenvalue weighted by molar-refractivity contribution is 6.30. The van der Waals surface area contributed by atoms with Gasteiger partial charge in [-0.3, -0.25) is 9.59 Å². The summed E-state index contributed by atoms with van der Waals surface area (Å²) in [6.07, 6.45) is 3.59. The minimum Gasteiger partial charge on any atom is -0.353 e. The Morgan fingerprint density at radius 2 is 1.86 bits per heavy atom. The van der Waals surface area contributed by atoms with Crippen LogP contribution in [0.1, 0.15) is 29.9 Å². The molecule has 0 saturated heterocycles. The molecule has 0 spiro atoms. The average molecular weight is 402 g/mol. The molecule has 0 aliphatic carbocycles. The van der Waals surface area contributed by atoms with Crippen molar-refractivity contribution < 1.29 is 9.59 Å². The van der Waals surface area contributed by atoms with Gasteiger partial charge in [-0.25, -0.2) is 0 Å². The predicted octanol–water partition coefficient (Wildman–Crippen LogP) is 3.99. The van der Waals surface area contributed by atoms with Crippen LogP contribution < -0.4 is 0 Å². The number of carbonyl (C=O) groups excluding carboxylic acids is 2. The van der Waals surface area contributed by atoms with Crippen LogP contribution in [0.15, 0.2) is 55.3 Å². The van der Waals surface area contributed by atoms with Crippen molar-refractivity contribution in [3.8, 4) is 0 Å². The molecule has 0 atom stereocenters. The van der Waals surface area contributed by atoms with Crippen LogP contribution in [-0.4, -0.2) is 45.8 Å². The Hall–Kier alpha value is -2.53. The maximum Gasteiger partial charge on any atom is 0.254 e. The van der Waals surface area contributed by atoms with E-state index in [2.05, 4.69) is 20.4 Å². The zero-order valence-corrected chi connectivity index (χ0v) is 17.5. The van der Waals surface area contributed by atoms with Gasteiger partial charge in [0.2, 0.25) is 5.91 Å². The van der Waals surface area contributed by atoms with Gasteiger partial charge >= 0.3 is 0 Å². The SMILES string of the molecule is C=CCN(CC(=O)N(Cc1cccn1C)CC(C)C)C(=O)c1ccc(Cl)cc1. The normalized spacial score (nSPS) is 10.8. The van der Waals surface area contributed by atoms with Crippen LogP contribution in [0.5, 0.6) is 0 Å². The van der Waals surface area contributed by atoms with Gasteiger partial charge in [-0.05, 0) is 42.3 Å². The lowest BCUT2D eigenvalue weighted by atomic mass is 10.1. The lowest BCUT2D eigenvalue weighted by Gasteiger charge is -2.28. The summed E-state index contributed by atoms with van der Waals surface area (Å²) in [5, 5.41) is 0.563. The number of rotatable bonds is 9. The fourth-order valence-corrected chi connectivity index (χ4v) is 3.09. The van der Waals surface area contributed by atoms with Crippen molar-refractivity contribution in [2.45, 2.75) is 20.4 Å². The number of carbonyl (C=O) groups is 2. The van der Waals surface area contributed by atoms with E-state index in [1.54, 1.807) is 30.3 Å². The van der Waals surface area contributed by atoms with E-state index < -0.39 is 0 Å². The minimum absolute atomic E-state index is 0.00459. The van der Waals surface area contributed by atoms with Crippen molar-refractivity contribution >= 4 is 23.4 Å². The standard InChI is InChI=1S/C22H28ClN3O2/c1-5-12-25(22(28)18-8-10-19(23)11-9-18)16-21(27)26(14-17(2)3)15-20-7-6-13-24(20)4/h5-11,13,17H,1,12,14-16H2,2-4H3. The summed E-state index contributed by atoms with van der Waals surface area (Å²) in [6.45, 7) is 9.31. The van der Waals surface area contributed by atoms with Crippen molar-refractivity contribution in [2.24, 2.45) is 13.0 Å². The van der Waals surface area contributed by atoms with Gasteiger partial charge in [-0.15, -0.1) is 6.58 Å². The summed E-state index contributed by atoms with van der Waals surface area (Å²) in [5.74, 6) is 0.0244. The summed E-state index contributed by atoms with van der Waals surface area (Å²) in [7, 11) is 1.96. The second kappa shape index (κ2) is 10.1. The third-order valence-electron chi connectivity index (χ3n) is 4.40. The van der Waals surface area contributed by atoms with Gasteiger partial charge in [0, 0.05) is 42.6 Å². The zero-order chi connectivity index (χ0) is 20.7. The minimum atomic E-state index is -0.215. The lowest BCUT2D eigenvalue weighted by molar-refractivity contribution is -0.133. The molecule has 0 aliphatic heterocycles. The molecule has 0 saturated carbocycles. The molecule has 28 heavy (non-hydrogen) atoms. The number of nitrogens with zero attached hydrogens (tertiary/aromatic N) is 3. The number of halogens is 1. The van der Waals surface area contributed by atoms with Crippen LogP contribution in [0.3, 0.4) is 0 Å². The van der Waals surface area contributed by atoms with E-state index in [0.717, 1.165) is 5.69 Å². The topological polar surface area (TPSA) is 45.6 Å². The molecule has 0 unspecified atom stereocenters. The van der Waals surface area contributed by atoms with E-state index in [4.69, 9.17) is 11.6 Å². The highest BCUT2D eigenvalue weighted by atomic mass is 35.5. The Labute approximate surface area is 172 Å². The number of benzene rings is 1. The summed E-state index contributed by atoms with van der Waals surface area (Å²) < 4.78 is 2.00.